The molecule has 23 heavy (non-hydrogen) atoms. The van der Waals surface area contributed by atoms with Crippen molar-refractivity contribution in [2.24, 2.45) is 0 Å². The Balaban J connectivity index is 1.48. The van der Waals surface area contributed by atoms with Crippen LogP contribution >= 0.6 is 0 Å². The number of carbonyl (C=O) groups is 2. The maximum absolute atomic E-state index is 12.0. The van der Waals surface area contributed by atoms with Gasteiger partial charge >= 0.3 is 12.1 Å². The molecule has 3 rings (SSSR count). The van der Waals surface area contributed by atoms with E-state index in [2.05, 4.69) is 10.6 Å². The van der Waals surface area contributed by atoms with Gasteiger partial charge in [-0.25, -0.2) is 9.59 Å². The second-order valence-corrected chi connectivity index (χ2v) is 6.17. The van der Waals surface area contributed by atoms with Gasteiger partial charge < -0.3 is 20.3 Å². The van der Waals surface area contributed by atoms with Crippen molar-refractivity contribution < 1.29 is 14.3 Å². The first kappa shape index (κ1) is 15.6. The quantitative estimate of drug-likeness (QED) is 0.896. The van der Waals surface area contributed by atoms with Gasteiger partial charge in [-0.1, -0.05) is 31.4 Å². The molecular formula is C17H23N3O3. The zero-order valence-electron chi connectivity index (χ0n) is 13.2. The summed E-state index contributed by atoms with van der Waals surface area (Å²) in [7, 11) is 0. The Morgan fingerprint density at radius 1 is 1.17 bits per heavy atom. The monoisotopic (exact) mass is 317 g/mol. The van der Waals surface area contributed by atoms with Crippen LogP contribution in [0.1, 0.15) is 37.7 Å². The first-order chi connectivity index (χ1) is 11.2. The Morgan fingerprint density at radius 3 is 2.57 bits per heavy atom. The molecule has 1 aromatic rings. The molecule has 2 fully saturated rings. The van der Waals surface area contributed by atoms with Crippen LogP contribution in [0, 0.1) is 0 Å². The Morgan fingerprint density at radius 2 is 1.91 bits per heavy atom. The summed E-state index contributed by atoms with van der Waals surface area (Å²) in [6.07, 6.45) is 5.53. The van der Waals surface area contributed by atoms with E-state index in [0.29, 0.717) is 25.7 Å². The van der Waals surface area contributed by atoms with Crippen molar-refractivity contribution in [1.82, 2.24) is 10.2 Å². The van der Waals surface area contributed by atoms with E-state index in [9.17, 15) is 9.59 Å². The molecule has 124 valence electrons. The predicted molar refractivity (Wildman–Crippen MR) is 87.2 cm³/mol. The number of cyclic esters (lactones) is 1. The van der Waals surface area contributed by atoms with Crippen LogP contribution in [-0.4, -0.2) is 36.2 Å². The lowest BCUT2D eigenvalue weighted by molar-refractivity contribution is 0.157. The van der Waals surface area contributed by atoms with Crippen molar-refractivity contribution in [2.45, 2.75) is 44.7 Å². The molecule has 2 aliphatic rings. The number of hydrogen-bond donors (Lipinski definition) is 2. The zero-order chi connectivity index (χ0) is 16.1. The van der Waals surface area contributed by atoms with Gasteiger partial charge in [-0.3, -0.25) is 0 Å². The van der Waals surface area contributed by atoms with E-state index < -0.39 is 0 Å². The van der Waals surface area contributed by atoms with Gasteiger partial charge in [0.25, 0.3) is 0 Å². The van der Waals surface area contributed by atoms with Crippen LogP contribution < -0.4 is 10.6 Å². The average Bonchev–Trinajstić information content (AvgIpc) is 2.95. The number of ether oxygens (including phenoxy) is 1. The molecule has 1 saturated heterocycles. The molecule has 0 unspecified atom stereocenters. The van der Waals surface area contributed by atoms with Crippen LogP contribution in [0.5, 0.6) is 0 Å². The van der Waals surface area contributed by atoms with E-state index in [1.54, 1.807) is 4.90 Å². The second-order valence-electron chi connectivity index (χ2n) is 6.17. The normalized spacial score (nSPS) is 18.6. The summed E-state index contributed by atoms with van der Waals surface area (Å²) in [5.41, 5.74) is 1.77. The molecule has 1 heterocycles. The van der Waals surface area contributed by atoms with Gasteiger partial charge in [-0.2, -0.15) is 0 Å². The highest BCUT2D eigenvalue weighted by Crippen LogP contribution is 2.18. The number of hydrogen-bond acceptors (Lipinski definition) is 3. The fraction of sp³-hybridized carbons (Fsp3) is 0.529. The Kier molecular flexibility index (Phi) is 5.00. The zero-order valence-corrected chi connectivity index (χ0v) is 13.2. The van der Waals surface area contributed by atoms with Crippen molar-refractivity contribution in [3.05, 3.63) is 29.8 Å². The van der Waals surface area contributed by atoms with E-state index in [-0.39, 0.29) is 12.1 Å². The molecule has 1 saturated carbocycles. The number of benzene rings is 1. The molecule has 0 spiro atoms. The van der Waals surface area contributed by atoms with Crippen LogP contribution in [0.25, 0.3) is 0 Å². The number of urea groups is 1. The summed E-state index contributed by atoms with van der Waals surface area (Å²) in [4.78, 5) is 25.1. The van der Waals surface area contributed by atoms with Crippen molar-refractivity contribution in [1.29, 1.82) is 0 Å². The van der Waals surface area contributed by atoms with E-state index in [4.69, 9.17) is 4.74 Å². The number of carbonyl (C=O) groups excluding carboxylic acids is 2. The van der Waals surface area contributed by atoms with Crippen LogP contribution in [0.3, 0.4) is 0 Å². The van der Waals surface area contributed by atoms with Crippen LogP contribution in [-0.2, 0) is 11.3 Å². The number of rotatable bonds is 4. The Labute approximate surface area is 136 Å². The molecule has 1 aliphatic heterocycles. The molecule has 6 heteroatoms. The summed E-state index contributed by atoms with van der Waals surface area (Å²) in [5, 5.41) is 5.89. The van der Waals surface area contributed by atoms with E-state index in [1.165, 1.54) is 19.3 Å². The SMILES string of the molecule is O=C(Nc1ccc(CN2CCOC2=O)cc1)NC1CCCCC1. The molecule has 0 atom stereocenters. The predicted octanol–water partition coefficient (Wildman–Crippen LogP) is 3.09. The lowest BCUT2D eigenvalue weighted by Gasteiger charge is -2.22. The number of nitrogens with one attached hydrogen (secondary N) is 2. The van der Waals surface area contributed by atoms with Crippen LogP contribution in [0.4, 0.5) is 15.3 Å². The van der Waals surface area contributed by atoms with Gasteiger partial charge in [0.1, 0.15) is 6.61 Å². The highest BCUT2D eigenvalue weighted by atomic mass is 16.6. The Hall–Kier alpha value is -2.24. The maximum Gasteiger partial charge on any atom is 0.410 e. The standard InChI is InChI=1S/C17H23N3O3/c21-16(18-14-4-2-1-3-5-14)19-15-8-6-13(7-9-15)12-20-10-11-23-17(20)22/h6-9,14H,1-5,10-12H2,(H2,18,19,21). The van der Waals surface area contributed by atoms with Crippen LogP contribution in [0.2, 0.25) is 0 Å². The van der Waals surface area contributed by atoms with Crippen molar-refractivity contribution in [2.75, 3.05) is 18.5 Å². The fourth-order valence-corrected chi connectivity index (χ4v) is 3.08. The first-order valence-corrected chi connectivity index (χ1v) is 8.29. The first-order valence-electron chi connectivity index (χ1n) is 8.29. The third kappa shape index (κ3) is 4.37. The summed E-state index contributed by atoms with van der Waals surface area (Å²) in [6, 6.07) is 7.70. The molecule has 0 aromatic heterocycles. The number of nitrogens with zero attached hydrogens (tertiary/aromatic N) is 1. The summed E-state index contributed by atoms with van der Waals surface area (Å²) in [5.74, 6) is 0. The van der Waals surface area contributed by atoms with Gasteiger partial charge in [-0.15, -0.1) is 0 Å². The molecule has 6 nitrogen and oxygen atoms in total. The van der Waals surface area contributed by atoms with E-state index >= 15 is 0 Å². The van der Waals surface area contributed by atoms with Gasteiger partial charge in [0.15, 0.2) is 0 Å². The highest BCUT2D eigenvalue weighted by molar-refractivity contribution is 5.89. The van der Waals surface area contributed by atoms with E-state index in [0.717, 1.165) is 24.1 Å². The average molecular weight is 317 g/mol. The Bertz CT molecular complexity index is 553. The van der Waals surface area contributed by atoms with Gasteiger partial charge in [0.2, 0.25) is 0 Å². The highest BCUT2D eigenvalue weighted by Gasteiger charge is 2.21. The molecule has 3 amide bonds. The summed E-state index contributed by atoms with van der Waals surface area (Å²) < 4.78 is 4.91. The second kappa shape index (κ2) is 7.35. The number of amides is 3. The summed E-state index contributed by atoms with van der Waals surface area (Å²) in [6.45, 7) is 1.62. The fourth-order valence-electron chi connectivity index (χ4n) is 3.08. The third-order valence-corrected chi connectivity index (χ3v) is 4.37. The van der Waals surface area contributed by atoms with Gasteiger partial charge in [0.05, 0.1) is 6.54 Å². The molecule has 0 radical (unpaired) electrons. The summed E-state index contributed by atoms with van der Waals surface area (Å²) >= 11 is 0. The minimum atomic E-state index is -0.265. The molecule has 1 aliphatic carbocycles. The maximum atomic E-state index is 12.0. The molecule has 1 aromatic carbocycles. The van der Waals surface area contributed by atoms with Crippen molar-refractivity contribution in [3.8, 4) is 0 Å². The lowest BCUT2D eigenvalue weighted by Crippen LogP contribution is -2.39. The van der Waals surface area contributed by atoms with Crippen molar-refractivity contribution >= 4 is 17.8 Å². The third-order valence-electron chi connectivity index (χ3n) is 4.37. The van der Waals surface area contributed by atoms with Crippen LogP contribution in [0.15, 0.2) is 24.3 Å². The molecule has 2 N–H and O–H groups in total. The topological polar surface area (TPSA) is 70.7 Å². The lowest BCUT2D eigenvalue weighted by atomic mass is 9.96. The van der Waals surface area contributed by atoms with Gasteiger partial charge in [0, 0.05) is 18.3 Å². The largest absolute Gasteiger partial charge is 0.448 e. The van der Waals surface area contributed by atoms with Crippen molar-refractivity contribution in [3.63, 3.8) is 0 Å². The molecule has 0 bridgehead atoms. The number of anilines is 1. The minimum absolute atomic E-state index is 0.146. The van der Waals surface area contributed by atoms with Gasteiger partial charge in [-0.05, 0) is 30.5 Å². The minimum Gasteiger partial charge on any atom is -0.448 e. The smallest absolute Gasteiger partial charge is 0.410 e. The molecular weight excluding hydrogens is 294 g/mol. The van der Waals surface area contributed by atoms with E-state index in [1.807, 2.05) is 24.3 Å².